The summed E-state index contributed by atoms with van der Waals surface area (Å²) in [5.74, 6) is 0. The Morgan fingerprint density at radius 2 is 2.10 bits per heavy atom. The highest BCUT2D eigenvalue weighted by atomic mass is 35.5. The predicted molar refractivity (Wildman–Crippen MR) is 83.6 cm³/mol. The first-order valence-corrected chi connectivity index (χ1v) is 8.49. The minimum absolute atomic E-state index is 0.159. The molecule has 1 heterocycles. The third kappa shape index (κ3) is 2.39. The van der Waals surface area contributed by atoms with Crippen molar-refractivity contribution in [2.75, 3.05) is 0 Å². The average Bonchev–Trinajstić information content (AvgIpc) is 3.01. The molecule has 0 amide bonds. The first kappa shape index (κ1) is 12.8. The molecule has 1 aromatic heterocycles. The molecule has 1 saturated carbocycles. The lowest BCUT2D eigenvalue weighted by atomic mass is 10.1. The Labute approximate surface area is 128 Å². The summed E-state index contributed by atoms with van der Waals surface area (Å²) in [6.07, 6.45) is 6.15. The van der Waals surface area contributed by atoms with Crippen molar-refractivity contribution in [3.05, 3.63) is 50.4 Å². The Kier molecular flexibility index (Phi) is 3.29. The van der Waals surface area contributed by atoms with E-state index in [1.54, 1.807) is 0 Å². The van der Waals surface area contributed by atoms with Crippen molar-refractivity contribution in [2.24, 2.45) is 0 Å². The highest BCUT2D eigenvalue weighted by Gasteiger charge is 2.30. The molecule has 0 bridgehead atoms. The summed E-state index contributed by atoms with van der Waals surface area (Å²) in [5.41, 5.74) is 2.48. The van der Waals surface area contributed by atoms with E-state index in [1.807, 2.05) is 23.5 Å². The van der Waals surface area contributed by atoms with Gasteiger partial charge in [-0.3, -0.25) is 0 Å². The normalized spacial score (nSPS) is 19.1. The van der Waals surface area contributed by atoms with Crippen LogP contribution in [0.1, 0.15) is 46.4 Å². The van der Waals surface area contributed by atoms with Gasteiger partial charge in [0.2, 0.25) is 0 Å². The van der Waals surface area contributed by atoms with E-state index in [-0.39, 0.29) is 6.04 Å². The minimum atomic E-state index is 0.159. The van der Waals surface area contributed by atoms with Crippen LogP contribution >= 0.6 is 22.9 Å². The van der Waals surface area contributed by atoms with E-state index in [0.29, 0.717) is 6.04 Å². The predicted octanol–water partition coefficient (Wildman–Crippen LogP) is 4.13. The fourth-order valence-electron chi connectivity index (χ4n) is 2.82. The van der Waals surface area contributed by atoms with Crippen LogP contribution < -0.4 is 5.32 Å². The molecular weight excluding hydrogens is 288 g/mol. The van der Waals surface area contributed by atoms with Gasteiger partial charge < -0.3 is 5.32 Å². The second kappa shape index (κ2) is 5.14. The Bertz CT molecular complexity index is 612. The summed E-state index contributed by atoms with van der Waals surface area (Å²) >= 11 is 8.28. The third-order valence-electron chi connectivity index (χ3n) is 4.06. The van der Waals surface area contributed by atoms with Crippen molar-refractivity contribution in [1.29, 1.82) is 0 Å². The van der Waals surface area contributed by atoms with Crippen molar-refractivity contribution in [1.82, 2.24) is 10.3 Å². The SMILES string of the molecule is Clc1ccccc1C(NC1CC1)c1nc2c(s1)CCC2. The number of nitrogens with one attached hydrogen (secondary N) is 1. The molecule has 2 aliphatic carbocycles. The smallest absolute Gasteiger partial charge is 0.115 e. The van der Waals surface area contributed by atoms with Crippen molar-refractivity contribution >= 4 is 22.9 Å². The van der Waals surface area contributed by atoms with Gasteiger partial charge >= 0.3 is 0 Å². The van der Waals surface area contributed by atoms with Crippen LogP contribution in [-0.4, -0.2) is 11.0 Å². The summed E-state index contributed by atoms with van der Waals surface area (Å²) in [5, 5.41) is 5.74. The largest absolute Gasteiger partial charge is 0.301 e. The number of benzene rings is 1. The number of fused-ring (bicyclic) bond motifs is 1. The Morgan fingerprint density at radius 3 is 2.85 bits per heavy atom. The second-order valence-electron chi connectivity index (χ2n) is 5.67. The van der Waals surface area contributed by atoms with Crippen LogP contribution in [0.25, 0.3) is 0 Å². The topological polar surface area (TPSA) is 24.9 Å². The molecule has 0 saturated heterocycles. The molecule has 1 N–H and O–H groups in total. The van der Waals surface area contributed by atoms with Crippen LogP contribution in [0.5, 0.6) is 0 Å². The molecule has 2 nitrogen and oxygen atoms in total. The van der Waals surface area contributed by atoms with Gasteiger partial charge in [-0.2, -0.15) is 0 Å². The Hall–Kier alpha value is -0.900. The van der Waals surface area contributed by atoms with E-state index in [2.05, 4.69) is 17.4 Å². The van der Waals surface area contributed by atoms with E-state index in [9.17, 15) is 0 Å². The van der Waals surface area contributed by atoms with Gasteiger partial charge in [0.25, 0.3) is 0 Å². The van der Waals surface area contributed by atoms with Crippen molar-refractivity contribution < 1.29 is 0 Å². The van der Waals surface area contributed by atoms with Crippen LogP contribution in [0, 0.1) is 0 Å². The zero-order valence-electron chi connectivity index (χ0n) is 11.2. The Balaban J connectivity index is 1.72. The van der Waals surface area contributed by atoms with Gasteiger partial charge in [0.05, 0.1) is 11.7 Å². The van der Waals surface area contributed by atoms with Crippen molar-refractivity contribution in [2.45, 2.75) is 44.2 Å². The van der Waals surface area contributed by atoms with Crippen LogP contribution in [0.15, 0.2) is 24.3 Å². The zero-order valence-corrected chi connectivity index (χ0v) is 12.8. The number of aromatic nitrogens is 1. The summed E-state index contributed by atoms with van der Waals surface area (Å²) in [4.78, 5) is 6.37. The van der Waals surface area contributed by atoms with Gasteiger partial charge in [0.1, 0.15) is 5.01 Å². The fraction of sp³-hybridized carbons (Fsp3) is 0.438. The molecule has 0 spiro atoms. The monoisotopic (exact) mass is 304 g/mol. The number of hydrogen-bond acceptors (Lipinski definition) is 3. The van der Waals surface area contributed by atoms with E-state index in [4.69, 9.17) is 16.6 Å². The molecule has 0 aliphatic heterocycles. The molecule has 2 aliphatic rings. The van der Waals surface area contributed by atoms with Crippen LogP contribution in [0.2, 0.25) is 5.02 Å². The van der Waals surface area contributed by atoms with Crippen LogP contribution in [0.3, 0.4) is 0 Å². The molecule has 1 aromatic carbocycles. The molecule has 4 heteroatoms. The van der Waals surface area contributed by atoms with Gasteiger partial charge in [-0.25, -0.2) is 4.98 Å². The summed E-state index contributed by atoms with van der Waals surface area (Å²) in [7, 11) is 0. The third-order valence-corrected chi connectivity index (χ3v) is 5.62. The quantitative estimate of drug-likeness (QED) is 0.919. The Morgan fingerprint density at radius 1 is 1.25 bits per heavy atom. The maximum absolute atomic E-state index is 6.40. The average molecular weight is 305 g/mol. The molecule has 1 atom stereocenters. The minimum Gasteiger partial charge on any atom is -0.301 e. The molecule has 0 radical (unpaired) electrons. The summed E-state index contributed by atoms with van der Waals surface area (Å²) in [6, 6.07) is 8.93. The van der Waals surface area contributed by atoms with Gasteiger partial charge in [0.15, 0.2) is 0 Å². The lowest BCUT2D eigenvalue weighted by Gasteiger charge is -2.18. The molecule has 104 valence electrons. The zero-order chi connectivity index (χ0) is 13.5. The fourth-order valence-corrected chi connectivity index (χ4v) is 4.30. The van der Waals surface area contributed by atoms with E-state index in [0.717, 1.165) is 17.0 Å². The molecule has 2 aromatic rings. The van der Waals surface area contributed by atoms with Gasteiger partial charge in [-0.1, -0.05) is 29.8 Å². The lowest BCUT2D eigenvalue weighted by Crippen LogP contribution is -2.24. The molecule has 4 rings (SSSR count). The first-order valence-electron chi connectivity index (χ1n) is 7.30. The highest BCUT2D eigenvalue weighted by Crippen LogP contribution is 2.37. The summed E-state index contributed by atoms with van der Waals surface area (Å²) in [6.45, 7) is 0. The number of halogens is 1. The molecule has 1 unspecified atom stereocenters. The van der Waals surface area contributed by atoms with E-state index >= 15 is 0 Å². The number of rotatable bonds is 4. The number of hydrogen-bond donors (Lipinski definition) is 1. The van der Waals surface area contributed by atoms with E-state index < -0.39 is 0 Å². The number of aryl methyl sites for hydroxylation is 2. The van der Waals surface area contributed by atoms with Crippen molar-refractivity contribution in [3.63, 3.8) is 0 Å². The van der Waals surface area contributed by atoms with Crippen molar-refractivity contribution in [3.8, 4) is 0 Å². The second-order valence-corrected chi connectivity index (χ2v) is 7.19. The highest BCUT2D eigenvalue weighted by molar-refractivity contribution is 7.11. The maximum atomic E-state index is 6.40. The van der Waals surface area contributed by atoms with E-state index in [1.165, 1.54) is 41.3 Å². The maximum Gasteiger partial charge on any atom is 0.115 e. The lowest BCUT2D eigenvalue weighted by molar-refractivity contribution is 0.596. The van der Waals surface area contributed by atoms with Gasteiger partial charge in [-0.05, 0) is 43.7 Å². The molecule has 20 heavy (non-hydrogen) atoms. The number of thiazole rings is 1. The van der Waals surface area contributed by atoms with Crippen LogP contribution in [0.4, 0.5) is 0 Å². The first-order chi connectivity index (χ1) is 9.81. The molecule has 1 fully saturated rings. The standard InChI is InChI=1S/C16H17ClN2S/c17-12-5-2-1-4-11(12)15(18-10-8-9-10)16-19-13-6-3-7-14(13)20-16/h1-2,4-5,10,15,18H,3,6-9H2. The molecular formula is C16H17ClN2S. The summed E-state index contributed by atoms with van der Waals surface area (Å²) < 4.78 is 0. The van der Waals surface area contributed by atoms with Gasteiger partial charge in [0, 0.05) is 15.9 Å². The van der Waals surface area contributed by atoms with Crippen LogP contribution in [-0.2, 0) is 12.8 Å². The number of nitrogens with zero attached hydrogens (tertiary/aromatic N) is 1. The van der Waals surface area contributed by atoms with Gasteiger partial charge in [-0.15, -0.1) is 11.3 Å².